The van der Waals surface area contributed by atoms with Gasteiger partial charge >= 0.3 is 0 Å². The molecule has 0 N–H and O–H groups in total. The minimum absolute atomic E-state index is 0.171. The Morgan fingerprint density at radius 3 is 2.78 bits per heavy atom. The average Bonchev–Trinajstić information content (AvgIpc) is 2.78. The minimum Gasteiger partial charge on any atom is -0.334 e. The third-order valence-electron chi connectivity index (χ3n) is 4.27. The van der Waals surface area contributed by atoms with Crippen LogP contribution in [0.25, 0.3) is 10.8 Å². The molecule has 0 spiro atoms. The molecular weight excluding hydrogens is 304 g/mol. The summed E-state index contributed by atoms with van der Waals surface area (Å²) >= 11 is 1.96. The van der Waals surface area contributed by atoms with Gasteiger partial charge in [0.15, 0.2) is 0 Å². The number of likely N-dealkylation sites (N-methyl/N-ethyl adjacent to an activating group) is 1. The highest BCUT2D eigenvalue weighted by molar-refractivity contribution is 7.99. The summed E-state index contributed by atoms with van der Waals surface area (Å²) in [5.74, 6) is 2.34. The molecule has 0 radical (unpaired) electrons. The van der Waals surface area contributed by atoms with Crippen molar-refractivity contribution in [3.8, 4) is 0 Å². The molecule has 3 rings (SSSR count). The first kappa shape index (κ1) is 16.3. The van der Waals surface area contributed by atoms with Gasteiger partial charge in [0.05, 0.1) is 6.04 Å². The van der Waals surface area contributed by atoms with Crippen molar-refractivity contribution in [3.63, 3.8) is 0 Å². The van der Waals surface area contributed by atoms with Gasteiger partial charge in [-0.1, -0.05) is 30.3 Å². The fourth-order valence-corrected chi connectivity index (χ4v) is 4.21. The zero-order chi connectivity index (χ0) is 16.2. The summed E-state index contributed by atoms with van der Waals surface area (Å²) in [5, 5.41) is 2.31. The molecule has 23 heavy (non-hydrogen) atoms. The molecule has 122 valence electrons. The molecule has 1 unspecified atom stereocenters. The van der Waals surface area contributed by atoms with Gasteiger partial charge < -0.3 is 9.80 Å². The van der Waals surface area contributed by atoms with Gasteiger partial charge in [0.25, 0.3) is 5.91 Å². The van der Waals surface area contributed by atoms with Crippen molar-refractivity contribution in [2.24, 2.45) is 0 Å². The lowest BCUT2D eigenvalue weighted by atomic mass is 10.1. The van der Waals surface area contributed by atoms with Gasteiger partial charge in [-0.2, -0.15) is 11.8 Å². The van der Waals surface area contributed by atoms with Crippen molar-refractivity contribution >= 4 is 28.4 Å². The SMILES string of the molecule is CN(C)CC1CSCCCN1C(=O)c1ccc2ccccc2c1. The first-order valence-electron chi connectivity index (χ1n) is 8.17. The van der Waals surface area contributed by atoms with E-state index in [1.165, 1.54) is 5.39 Å². The first-order chi connectivity index (χ1) is 11.1. The minimum atomic E-state index is 0.171. The van der Waals surface area contributed by atoms with Gasteiger partial charge in [-0.15, -0.1) is 0 Å². The highest BCUT2D eigenvalue weighted by Gasteiger charge is 2.27. The van der Waals surface area contributed by atoms with Gasteiger partial charge in [-0.05, 0) is 49.2 Å². The molecule has 2 aromatic carbocycles. The molecule has 1 amide bonds. The van der Waals surface area contributed by atoms with E-state index >= 15 is 0 Å². The molecule has 1 heterocycles. The number of amides is 1. The molecule has 0 aromatic heterocycles. The fraction of sp³-hybridized carbons (Fsp3) is 0.421. The Balaban J connectivity index is 1.88. The molecule has 0 saturated carbocycles. The van der Waals surface area contributed by atoms with E-state index in [4.69, 9.17) is 0 Å². The van der Waals surface area contributed by atoms with Crippen molar-refractivity contribution in [1.29, 1.82) is 0 Å². The van der Waals surface area contributed by atoms with Gasteiger partial charge in [-0.3, -0.25) is 4.79 Å². The second-order valence-corrected chi connectivity index (χ2v) is 7.55. The zero-order valence-corrected chi connectivity index (χ0v) is 14.7. The zero-order valence-electron chi connectivity index (χ0n) is 13.9. The van der Waals surface area contributed by atoms with E-state index in [-0.39, 0.29) is 11.9 Å². The second-order valence-electron chi connectivity index (χ2n) is 6.41. The number of carbonyl (C=O) groups is 1. The summed E-state index contributed by atoms with van der Waals surface area (Å²) in [6, 6.07) is 14.5. The Morgan fingerprint density at radius 2 is 2.00 bits per heavy atom. The van der Waals surface area contributed by atoms with Gasteiger partial charge in [0, 0.05) is 24.4 Å². The van der Waals surface area contributed by atoms with Crippen LogP contribution in [-0.4, -0.2) is 60.4 Å². The largest absolute Gasteiger partial charge is 0.334 e. The van der Waals surface area contributed by atoms with E-state index in [2.05, 4.69) is 42.1 Å². The normalized spacial score (nSPS) is 19.1. The van der Waals surface area contributed by atoms with Crippen molar-refractivity contribution in [1.82, 2.24) is 9.80 Å². The maximum Gasteiger partial charge on any atom is 0.254 e. The lowest BCUT2D eigenvalue weighted by molar-refractivity contribution is 0.0676. The molecule has 1 aliphatic rings. The molecule has 2 aromatic rings. The monoisotopic (exact) mass is 328 g/mol. The average molecular weight is 328 g/mol. The van der Waals surface area contributed by atoms with Gasteiger partial charge in [0.2, 0.25) is 0 Å². The number of thioether (sulfide) groups is 1. The lowest BCUT2D eigenvalue weighted by Gasteiger charge is -2.31. The number of carbonyl (C=O) groups excluding carboxylic acids is 1. The van der Waals surface area contributed by atoms with E-state index in [1.54, 1.807) is 0 Å². The number of hydrogen-bond acceptors (Lipinski definition) is 3. The Kier molecular flexibility index (Phi) is 5.23. The third-order valence-corrected chi connectivity index (χ3v) is 5.47. The lowest BCUT2D eigenvalue weighted by Crippen LogP contribution is -2.46. The smallest absolute Gasteiger partial charge is 0.254 e. The molecule has 4 heteroatoms. The van der Waals surface area contributed by atoms with Crippen LogP contribution in [0.2, 0.25) is 0 Å². The summed E-state index contributed by atoms with van der Waals surface area (Å²) in [6.07, 6.45) is 1.08. The van der Waals surface area contributed by atoms with Crippen LogP contribution in [0.1, 0.15) is 16.8 Å². The van der Waals surface area contributed by atoms with Crippen LogP contribution in [0.15, 0.2) is 42.5 Å². The standard InChI is InChI=1S/C19H24N2OS/c1-20(2)13-18-14-23-11-5-10-21(18)19(22)17-9-8-15-6-3-4-7-16(15)12-17/h3-4,6-9,12,18H,5,10-11,13-14H2,1-2H3. The number of nitrogens with zero attached hydrogens (tertiary/aromatic N) is 2. The topological polar surface area (TPSA) is 23.6 Å². The second kappa shape index (κ2) is 7.37. The summed E-state index contributed by atoms with van der Waals surface area (Å²) in [4.78, 5) is 17.4. The maximum atomic E-state index is 13.1. The Bertz CT molecular complexity index is 686. The summed E-state index contributed by atoms with van der Waals surface area (Å²) < 4.78 is 0. The van der Waals surface area contributed by atoms with Crippen LogP contribution in [0, 0.1) is 0 Å². The van der Waals surface area contributed by atoms with Crippen LogP contribution < -0.4 is 0 Å². The number of fused-ring (bicyclic) bond motifs is 1. The van der Waals surface area contributed by atoms with Crippen molar-refractivity contribution in [3.05, 3.63) is 48.0 Å². The Morgan fingerprint density at radius 1 is 1.22 bits per heavy atom. The summed E-state index contributed by atoms with van der Waals surface area (Å²) in [7, 11) is 4.16. The van der Waals surface area contributed by atoms with Gasteiger partial charge in [-0.25, -0.2) is 0 Å². The molecule has 1 atom stereocenters. The number of benzene rings is 2. The molecule has 1 aliphatic heterocycles. The van der Waals surface area contributed by atoms with Crippen LogP contribution >= 0.6 is 11.8 Å². The highest BCUT2D eigenvalue weighted by Crippen LogP contribution is 2.22. The predicted octanol–water partition coefficient (Wildman–Crippen LogP) is 3.35. The highest BCUT2D eigenvalue weighted by atomic mass is 32.2. The molecule has 1 fully saturated rings. The molecule has 0 aliphatic carbocycles. The number of hydrogen-bond donors (Lipinski definition) is 0. The Labute approximate surface area is 142 Å². The van der Waals surface area contributed by atoms with E-state index in [0.717, 1.165) is 42.0 Å². The summed E-state index contributed by atoms with van der Waals surface area (Å²) in [6.45, 7) is 1.78. The molecule has 1 saturated heterocycles. The van der Waals surface area contributed by atoms with Gasteiger partial charge in [0.1, 0.15) is 0 Å². The van der Waals surface area contributed by atoms with Crippen LogP contribution in [0.4, 0.5) is 0 Å². The first-order valence-corrected chi connectivity index (χ1v) is 9.33. The van der Waals surface area contributed by atoms with Crippen LogP contribution in [0.3, 0.4) is 0 Å². The van der Waals surface area contributed by atoms with Crippen LogP contribution in [-0.2, 0) is 0 Å². The quantitative estimate of drug-likeness (QED) is 0.863. The van der Waals surface area contributed by atoms with Crippen LogP contribution in [0.5, 0.6) is 0 Å². The van der Waals surface area contributed by atoms with Crippen molar-refractivity contribution in [2.45, 2.75) is 12.5 Å². The van der Waals surface area contributed by atoms with E-state index in [0.29, 0.717) is 0 Å². The van der Waals surface area contributed by atoms with Crippen molar-refractivity contribution < 1.29 is 4.79 Å². The number of rotatable bonds is 3. The van der Waals surface area contributed by atoms with E-state index in [1.807, 2.05) is 36.0 Å². The van der Waals surface area contributed by atoms with E-state index < -0.39 is 0 Å². The predicted molar refractivity (Wildman–Crippen MR) is 99.3 cm³/mol. The maximum absolute atomic E-state index is 13.1. The van der Waals surface area contributed by atoms with E-state index in [9.17, 15) is 4.79 Å². The molecule has 3 nitrogen and oxygen atoms in total. The summed E-state index contributed by atoms with van der Waals surface area (Å²) in [5.41, 5.74) is 0.805. The Hall–Kier alpha value is -1.52. The molecule has 0 bridgehead atoms. The molecular formula is C19H24N2OS. The third kappa shape index (κ3) is 3.88. The van der Waals surface area contributed by atoms with Crippen molar-refractivity contribution in [2.75, 3.05) is 38.7 Å². The fourth-order valence-electron chi connectivity index (χ4n) is 3.16.